The zero-order valence-corrected chi connectivity index (χ0v) is 18.3. The fraction of sp³-hybridized carbons (Fsp3) is 0.0435. The molecule has 7 nitrogen and oxygen atoms in total. The van der Waals surface area contributed by atoms with Crippen LogP contribution < -0.4 is 5.43 Å². The molecular weight excluding hydrogens is 446 g/mol. The third-order valence-electron chi connectivity index (χ3n) is 4.38. The van der Waals surface area contributed by atoms with Crippen LogP contribution in [0.15, 0.2) is 89.1 Å². The molecule has 0 bridgehead atoms. The molecule has 0 fully saturated rings. The minimum atomic E-state index is -0.277. The predicted octanol–water partition coefficient (Wildman–Crippen LogP) is 4.54. The van der Waals surface area contributed by atoms with Crippen LogP contribution in [0.25, 0.3) is 17.1 Å². The van der Waals surface area contributed by atoms with Gasteiger partial charge in [-0.15, -0.1) is 10.2 Å². The van der Waals surface area contributed by atoms with Gasteiger partial charge in [-0.05, 0) is 66.2 Å². The molecule has 0 atom stereocenters. The molecular formula is C23H18ClN5O2S. The van der Waals surface area contributed by atoms with Crippen molar-refractivity contribution in [2.45, 2.75) is 5.16 Å². The summed E-state index contributed by atoms with van der Waals surface area (Å²) >= 11 is 7.28. The zero-order valence-electron chi connectivity index (χ0n) is 16.7. The van der Waals surface area contributed by atoms with Crippen LogP contribution in [0.3, 0.4) is 0 Å². The van der Waals surface area contributed by atoms with Gasteiger partial charge in [0.15, 0.2) is 11.0 Å². The van der Waals surface area contributed by atoms with Gasteiger partial charge < -0.3 is 5.11 Å². The van der Waals surface area contributed by atoms with Crippen molar-refractivity contribution in [1.29, 1.82) is 0 Å². The first-order valence-corrected chi connectivity index (χ1v) is 11.0. The summed E-state index contributed by atoms with van der Waals surface area (Å²) in [6.45, 7) is 0. The van der Waals surface area contributed by atoms with E-state index in [9.17, 15) is 9.90 Å². The van der Waals surface area contributed by atoms with Gasteiger partial charge in [-0.25, -0.2) is 5.43 Å². The molecule has 0 aliphatic rings. The van der Waals surface area contributed by atoms with E-state index in [1.807, 2.05) is 47.0 Å². The standard InChI is InChI=1S/C23H18ClN5O2S/c24-18-10-8-17(9-11-18)22-27-28-23(29(22)19-4-2-1-3-5-19)32-15-21(31)26-25-14-16-6-12-20(30)13-7-16/h1-14,30H,15H2,(H,26,31)/b25-14-. The van der Waals surface area contributed by atoms with E-state index in [2.05, 4.69) is 20.7 Å². The molecule has 0 radical (unpaired) electrons. The molecule has 160 valence electrons. The Morgan fingerprint density at radius 1 is 1.03 bits per heavy atom. The van der Waals surface area contributed by atoms with Gasteiger partial charge in [-0.2, -0.15) is 5.10 Å². The van der Waals surface area contributed by atoms with Crippen LogP contribution in [0.1, 0.15) is 5.56 Å². The molecule has 0 spiro atoms. The Bertz CT molecular complexity index is 1230. The lowest BCUT2D eigenvalue weighted by atomic mass is 10.2. The first kappa shape index (κ1) is 21.6. The fourth-order valence-corrected chi connectivity index (χ4v) is 3.73. The number of carbonyl (C=O) groups is 1. The second kappa shape index (κ2) is 10.1. The van der Waals surface area contributed by atoms with Crippen molar-refractivity contribution in [2.75, 3.05) is 5.75 Å². The zero-order chi connectivity index (χ0) is 22.3. The normalized spacial score (nSPS) is 11.0. The van der Waals surface area contributed by atoms with Crippen molar-refractivity contribution >= 4 is 35.5 Å². The highest BCUT2D eigenvalue weighted by atomic mass is 35.5. The van der Waals surface area contributed by atoms with E-state index in [0.29, 0.717) is 16.0 Å². The average molecular weight is 464 g/mol. The van der Waals surface area contributed by atoms with Gasteiger partial charge in [0, 0.05) is 16.3 Å². The van der Waals surface area contributed by atoms with Gasteiger partial charge in [0.1, 0.15) is 5.75 Å². The Balaban J connectivity index is 1.49. The van der Waals surface area contributed by atoms with Gasteiger partial charge in [0.05, 0.1) is 12.0 Å². The van der Waals surface area contributed by atoms with Crippen LogP contribution in [0, 0.1) is 0 Å². The number of carbonyl (C=O) groups excluding carboxylic acids is 1. The highest BCUT2D eigenvalue weighted by Crippen LogP contribution is 2.28. The summed E-state index contributed by atoms with van der Waals surface area (Å²) in [5, 5.41) is 23.1. The number of phenolic OH excluding ortho intramolecular Hbond substituents is 1. The SMILES string of the molecule is O=C(CSc1nnc(-c2ccc(Cl)cc2)n1-c1ccccc1)N/N=C\c1ccc(O)cc1. The fourth-order valence-electron chi connectivity index (χ4n) is 2.86. The molecule has 0 unspecified atom stereocenters. The number of aromatic nitrogens is 3. The lowest BCUT2D eigenvalue weighted by Gasteiger charge is -2.10. The number of thioether (sulfide) groups is 1. The largest absolute Gasteiger partial charge is 0.508 e. The Hall–Kier alpha value is -3.62. The predicted molar refractivity (Wildman–Crippen MR) is 126 cm³/mol. The van der Waals surface area contributed by atoms with Gasteiger partial charge >= 0.3 is 0 Å². The molecule has 0 saturated carbocycles. The number of nitrogens with zero attached hydrogens (tertiary/aromatic N) is 4. The molecule has 9 heteroatoms. The summed E-state index contributed by atoms with van der Waals surface area (Å²) in [5.41, 5.74) is 5.00. The topological polar surface area (TPSA) is 92.4 Å². The highest BCUT2D eigenvalue weighted by molar-refractivity contribution is 7.99. The summed E-state index contributed by atoms with van der Waals surface area (Å²) in [7, 11) is 0. The second-order valence-corrected chi connectivity index (χ2v) is 8.04. The molecule has 1 heterocycles. The number of hydrazone groups is 1. The minimum absolute atomic E-state index is 0.110. The van der Waals surface area contributed by atoms with Crippen molar-refractivity contribution < 1.29 is 9.90 Å². The number of hydrogen-bond acceptors (Lipinski definition) is 6. The van der Waals surface area contributed by atoms with Crippen LogP contribution in [0.5, 0.6) is 5.75 Å². The third kappa shape index (κ3) is 5.35. The van der Waals surface area contributed by atoms with Crippen molar-refractivity contribution in [3.8, 4) is 22.8 Å². The molecule has 32 heavy (non-hydrogen) atoms. The van der Waals surface area contributed by atoms with Crippen molar-refractivity contribution in [3.63, 3.8) is 0 Å². The van der Waals surface area contributed by atoms with E-state index in [4.69, 9.17) is 11.6 Å². The molecule has 1 aromatic heterocycles. The Morgan fingerprint density at radius 3 is 2.47 bits per heavy atom. The quantitative estimate of drug-likeness (QED) is 0.238. The first-order chi connectivity index (χ1) is 15.6. The number of aromatic hydroxyl groups is 1. The summed E-state index contributed by atoms with van der Waals surface area (Å²) < 4.78 is 1.90. The summed E-state index contributed by atoms with van der Waals surface area (Å²) in [4.78, 5) is 12.3. The van der Waals surface area contributed by atoms with E-state index in [1.165, 1.54) is 18.0 Å². The van der Waals surface area contributed by atoms with Gasteiger partial charge in [-0.3, -0.25) is 9.36 Å². The molecule has 3 aromatic carbocycles. The molecule has 0 aliphatic carbocycles. The van der Waals surface area contributed by atoms with Crippen LogP contribution in [-0.4, -0.2) is 37.7 Å². The number of benzene rings is 3. The van der Waals surface area contributed by atoms with Gasteiger partial charge in [0.2, 0.25) is 0 Å². The Labute approximate surface area is 193 Å². The number of nitrogens with one attached hydrogen (secondary N) is 1. The monoisotopic (exact) mass is 463 g/mol. The maximum Gasteiger partial charge on any atom is 0.250 e. The summed E-state index contributed by atoms with van der Waals surface area (Å²) in [6, 6.07) is 23.5. The maximum atomic E-state index is 12.3. The van der Waals surface area contributed by atoms with Crippen molar-refractivity contribution in [2.24, 2.45) is 5.10 Å². The Morgan fingerprint density at radius 2 is 1.75 bits per heavy atom. The summed E-state index contributed by atoms with van der Waals surface area (Å²) in [6.07, 6.45) is 1.51. The van der Waals surface area contributed by atoms with Crippen molar-refractivity contribution in [1.82, 2.24) is 20.2 Å². The summed E-state index contributed by atoms with van der Waals surface area (Å²) in [5.74, 6) is 0.656. The molecule has 4 rings (SSSR count). The number of halogens is 1. The second-order valence-electron chi connectivity index (χ2n) is 6.66. The Kier molecular flexibility index (Phi) is 6.84. The van der Waals surface area contributed by atoms with Gasteiger partial charge in [-0.1, -0.05) is 41.6 Å². The average Bonchev–Trinajstić information content (AvgIpc) is 3.24. The lowest BCUT2D eigenvalue weighted by Crippen LogP contribution is -2.20. The number of phenols is 1. The molecule has 4 aromatic rings. The van der Waals surface area contributed by atoms with Gasteiger partial charge in [0.25, 0.3) is 5.91 Å². The number of rotatable bonds is 7. The molecule has 0 saturated heterocycles. The smallest absolute Gasteiger partial charge is 0.250 e. The van der Waals surface area contributed by atoms with Crippen LogP contribution in [0.4, 0.5) is 0 Å². The lowest BCUT2D eigenvalue weighted by molar-refractivity contribution is -0.118. The van der Waals surface area contributed by atoms with E-state index >= 15 is 0 Å². The number of amides is 1. The van der Waals surface area contributed by atoms with Crippen LogP contribution >= 0.6 is 23.4 Å². The van der Waals surface area contributed by atoms with E-state index in [1.54, 1.807) is 36.4 Å². The molecule has 1 amide bonds. The maximum absolute atomic E-state index is 12.3. The first-order valence-electron chi connectivity index (χ1n) is 9.60. The van der Waals surface area contributed by atoms with Crippen LogP contribution in [0.2, 0.25) is 5.02 Å². The third-order valence-corrected chi connectivity index (χ3v) is 5.56. The minimum Gasteiger partial charge on any atom is -0.508 e. The molecule has 0 aliphatic heterocycles. The number of para-hydroxylation sites is 1. The molecule has 2 N–H and O–H groups in total. The van der Waals surface area contributed by atoms with E-state index in [-0.39, 0.29) is 17.4 Å². The van der Waals surface area contributed by atoms with Crippen molar-refractivity contribution in [3.05, 3.63) is 89.4 Å². The van der Waals surface area contributed by atoms with Crippen LogP contribution in [-0.2, 0) is 4.79 Å². The number of hydrogen-bond donors (Lipinski definition) is 2. The van der Waals surface area contributed by atoms with E-state index < -0.39 is 0 Å². The highest BCUT2D eigenvalue weighted by Gasteiger charge is 2.17. The van der Waals surface area contributed by atoms with E-state index in [0.717, 1.165) is 16.8 Å².